The van der Waals surface area contributed by atoms with Crippen molar-refractivity contribution in [2.24, 2.45) is 0 Å². The van der Waals surface area contributed by atoms with Crippen molar-refractivity contribution in [3.8, 4) is 34.8 Å². The summed E-state index contributed by atoms with van der Waals surface area (Å²) in [6, 6.07) is 31.8. The van der Waals surface area contributed by atoms with Crippen LogP contribution in [-0.4, -0.2) is 0 Å². The Labute approximate surface area is 198 Å². The second kappa shape index (κ2) is 10.5. The summed E-state index contributed by atoms with van der Waals surface area (Å²) in [5, 5.41) is 0. The zero-order chi connectivity index (χ0) is 23.0. The fourth-order valence-electron chi connectivity index (χ4n) is 3.81. The summed E-state index contributed by atoms with van der Waals surface area (Å²) < 4.78 is 0. The molecule has 0 nitrogen and oxygen atoms in total. The lowest BCUT2D eigenvalue weighted by Crippen LogP contribution is -1.92. The molecule has 0 unspecified atom stereocenters. The molecule has 0 heterocycles. The highest BCUT2D eigenvalue weighted by atomic mass is 14.1. The maximum atomic E-state index is 3.37. The smallest absolute Gasteiger partial charge is 0.0281 e. The third kappa shape index (κ3) is 5.63. The molecular formula is C33H28. The van der Waals surface area contributed by atoms with E-state index in [0.29, 0.717) is 0 Å². The van der Waals surface area contributed by atoms with Gasteiger partial charge in [0.25, 0.3) is 0 Å². The molecule has 0 atom stereocenters. The van der Waals surface area contributed by atoms with Crippen LogP contribution in [0.15, 0.2) is 91.0 Å². The van der Waals surface area contributed by atoms with Gasteiger partial charge in [-0.05, 0) is 90.6 Å². The molecule has 0 heteroatoms. The SMILES string of the molecule is CCc1cc(-c2ccc(C#Cc3ccc(C)cc3)c(CC)c2)ccc1C#Cc1ccccc1. The van der Waals surface area contributed by atoms with Gasteiger partial charge < -0.3 is 0 Å². The molecule has 0 amide bonds. The van der Waals surface area contributed by atoms with Gasteiger partial charge in [-0.15, -0.1) is 0 Å². The van der Waals surface area contributed by atoms with Crippen molar-refractivity contribution in [3.05, 3.63) is 130 Å². The molecule has 0 aliphatic carbocycles. The van der Waals surface area contributed by atoms with Gasteiger partial charge in [0.15, 0.2) is 0 Å². The Morgan fingerprint density at radius 2 is 1.00 bits per heavy atom. The van der Waals surface area contributed by atoms with Crippen LogP contribution < -0.4 is 0 Å². The first-order valence-corrected chi connectivity index (χ1v) is 11.6. The Balaban J connectivity index is 1.62. The zero-order valence-corrected chi connectivity index (χ0v) is 19.6. The van der Waals surface area contributed by atoms with Gasteiger partial charge >= 0.3 is 0 Å². The van der Waals surface area contributed by atoms with E-state index < -0.39 is 0 Å². The first kappa shape index (κ1) is 22.2. The molecule has 4 aromatic carbocycles. The van der Waals surface area contributed by atoms with E-state index in [-0.39, 0.29) is 0 Å². The Morgan fingerprint density at radius 1 is 0.515 bits per heavy atom. The molecule has 0 spiro atoms. The van der Waals surface area contributed by atoms with Gasteiger partial charge in [0.05, 0.1) is 0 Å². The fourth-order valence-corrected chi connectivity index (χ4v) is 3.81. The number of rotatable bonds is 3. The molecule has 0 radical (unpaired) electrons. The summed E-state index contributed by atoms with van der Waals surface area (Å²) in [5.41, 5.74) is 10.5. The fraction of sp³-hybridized carbons (Fsp3) is 0.152. The maximum Gasteiger partial charge on any atom is 0.0281 e. The molecule has 0 aliphatic heterocycles. The molecule has 160 valence electrons. The number of benzene rings is 4. The van der Waals surface area contributed by atoms with Crippen LogP contribution in [0.1, 0.15) is 52.8 Å². The standard InChI is InChI=1S/C33H28/c1-4-28-23-32(21-19-30(28)17-15-26-9-7-6-8-10-26)33-22-20-31(29(5-2)24-33)18-16-27-13-11-25(3)12-14-27/h6-14,19-24H,4-5H2,1-3H3. The molecule has 4 aromatic rings. The molecule has 0 bridgehead atoms. The molecule has 0 saturated carbocycles. The summed E-state index contributed by atoms with van der Waals surface area (Å²) in [7, 11) is 0. The predicted molar refractivity (Wildman–Crippen MR) is 140 cm³/mol. The van der Waals surface area contributed by atoms with Crippen molar-refractivity contribution < 1.29 is 0 Å². The third-order valence-corrected chi connectivity index (χ3v) is 5.81. The molecule has 0 aliphatic rings. The number of hydrogen-bond donors (Lipinski definition) is 0. The van der Waals surface area contributed by atoms with Crippen molar-refractivity contribution in [3.63, 3.8) is 0 Å². The molecule has 0 aromatic heterocycles. The van der Waals surface area contributed by atoms with Crippen LogP contribution in [-0.2, 0) is 12.8 Å². The van der Waals surface area contributed by atoms with E-state index in [0.717, 1.165) is 35.1 Å². The average Bonchev–Trinajstić information content (AvgIpc) is 2.87. The highest BCUT2D eigenvalue weighted by molar-refractivity contribution is 5.68. The van der Waals surface area contributed by atoms with Crippen molar-refractivity contribution in [1.82, 2.24) is 0 Å². The quantitative estimate of drug-likeness (QED) is 0.297. The van der Waals surface area contributed by atoms with Crippen molar-refractivity contribution in [2.75, 3.05) is 0 Å². The van der Waals surface area contributed by atoms with Gasteiger partial charge in [0.2, 0.25) is 0 Å². The topological polar surface area (TPSA) is 0 Å². The van der Waals surface area contributed by atoms with Gasteiger partial charge in [-0.1, -0.05) is 85.6 Å². The van der Waals surface area contributed by atoms with Crippen LogP contribution in [0.5, 0.6) is 0 Å². The summed E-state index contributed by atoms with van der Waals surface area (Å²) >= 11 is 0. The molecule has 0 saturated heterocycles. The highest BCUT2D eigenvalue weighted by Crippen LogP contribution is 2.26. The van der Waals surface area contributed by atoms with E-state index in [1.54, 1.807) is 0 Å². The summed E-state index contributed by atoms with van der Waals surface area (Å²) in [6.07, 6.45) is 1.90. The van der Waals surface area contributed by atoms with E-state index >= 15 is 0 Å². The van der Waals surface area contributed by atoms with Gasteiger partial charge in [0, 0.05) is 22.3 Å². The third-order valence-electron chi connectivity index (χ3n) is 5.81. The van der Waals surface area contributed by atoms with Crippen LogP contribution in [0.2, 0.25) is 0 Å². The van der Waals surface area contributed by atoms with Crippen LogP contribution in [0, 0.1) is 30.6 Å². The second-order valence-corrected chi connectivity index (χ2v) is 8.18. The van der Waals surface area contributed by atoms with E-state index in [1.807, 2.05) is 30.3 Å². The lowest BCUT2D eigenvalue weighted by atomic mass is 9.94. The summed E-state index contributed by atoms with van der Waals surface area (Å²) in [4.78, 5) is 0. The lowest BCUT2D eigenvalue weighted by molar-refractivity contribution is 1.12. The number of hydrogen-bond acceptors (Lipinski definition) is 0. The maximum absolute atomic E-state index is 3.37. The Morgan fingerprint density at radius 3 is 1.48 bits per heavy atom. The van der Waals surface area contributed by atoms with Crippen molar-refractivity contribution in [1.29, 1.82) is 0 Å². The Bertz CT molecular complexity index is 1370. The highest BCUT2D eigenvalue weighted by Gasteiger charge is 2.06. The first-order chi connectivity index (χ1) is 16.2. The summed E-state index contributed by atoms with van der Waals surface area (Å²) in [6.45, 7) is 6.47. The molecule has 0 N–H and O–H groups in total. The molecule has 4 rings (SSSR count). The zero-order valence-electron chi connectivity index (χ0n) is 19.6. The van der Waals surface area contributed by atoms with Crippen LogP contribution in [0.25, 0.3) is 11.1 Å². The molecule has 33 heavy (non-hydrogen) atoms. The Hall–Kier alpha value is -4.00. The molecular weight excluding hydrogens is 396 g/mol. The summed E-state index contributed by atoms with van der Waals surface area (Å²) in [5.74, 6) is 13.3. The van der Waals surface area contributed by atoms with Gasteiger partial charge in [-0.3, -0.25) is 0 Å². The van der Waals surface area contributed by atoms with Gasteiger partial charge in [0.1, 0.15) is 0 Å². The predicted octanol–water partition coefficient (Wildman–Crippen LogP) is 7.59. The van der Waals surface area contributed by atoms with Gasteiger partial charge in [-0.2, -0.15) is 0 Å². The van der Waals surface area contributed by atoms with Crippen molar-refractivity contribution in [2.45, 2.75) is 33.6 Å². The number of aryl methyl sites for hydroxylation is 3. The van der Waals surface area contributed by atoms with Crippen LogP contribution >= 0.6 is 0 Å². The normalized spacial score (nSPS) is 10.0. The van der Waals surface area contributed by atoms with E-state index in [9.17, 15) is 0 Å². The second-order valence-electron chi connectivity index (χ2n) is 8.18. The van der Waals surface area contributed by atoms with Crippen LogP contribution in [0.3, 0.4) is 0 Å². The first-order valence-electron chi connectivity index (χ1n) is 11.6. The minimum Gasteiger partial charge on any atom is -0.0622 e. The van der Waals surface area contributed by atoms with E-state index in [1.165, 1.54) is 27.8 Å². The monoisotopic (exact) mass is 424 g/mol. The van der Waals surface area contributed by atoms with E-state index in [4.69, 9.17) is 0 Å². The Kier molecular flexibility index (Phi) is 7.09. The minimum absolute atomic E-state index is 0.951. The average molecular weight is 425 g/mol. The minimum atomic E-state index is 0.951. The van der Waals surface area contributed by atoms with Gasteiger partial charge in [-0.25, -0.2) is 0 Å². The van der Waals surface area contributed by atoms with Crippen LogP contribution in [0.4, 0.5) is 0 Å². The van der Waals surface area contributed by atoms with E-state index in [2.05, 4.69) is 105 Å². The lowest BCUT2D eigenvalue weighted by Gasteiger charge is -2.10. The van der Waals surface area contributed by atoms with Crippen molar-refractivity contribution >= 4 is 0 Å². The molecule has 0 fully saturated rings. The largest absolute Gasteiger partial charge is 0.0622 e.